The van der Waals surface area contributed by atoms with Gasteiger partial charge >= 0.3 is 0 Å². The molecule has 0 heterocycles. The largest absolute Gasteiger partial charge is 0.396 e. The predicted molar refractivity (Wildman–Crippen MR) is 122 cm³/mol. The summed E-state index contributed by atoms with van der Waals surface area (Å²) in [4.78, 5) is 0. The second kappa shape index (κ2) is 8.03. The molecule has 30 heavy (non-hydrogen) atoms. The lowest BCUT2D eigenvalue weighted by molar-refractivity contribution is -0.158. The van der Waals surface area contributed by atoms with Gasteiger partial charge in [-0.3, -0.25) is 0 Å². The van der Waals surface area contributed by atoms with Crippen LogP contribution < -0.4 is 0 Å². The van der Waals surface area contributed by atoms with Crippen molar-refractivity contribution in [1.82, 2.24) is 0 Å². The summed E-state index contributed by atoms with van der Waals surface area (Å²) in [6.07, 6.45) is 10.8. The van der Waals surface area contributed by atoms with Crippen molar-refractivity contribution >= 4 is 0 Å². The van der Waals surface area contributed by atoms with Gasteiger partial charge in [0, 0.05) is 18.9 Å². The molecule has 4 fully saturated rings. The predicted octanol–water partition coefficient (Wildman–Crippen LogP) is 5.41. The standard InChI is InChI=1S/C27H48O3/c1-17(2)7-6-8-18(3)20-9-10-21-24-22(12-13-25(20,21)4)26(5)14-11-19(29)15-27(26,30)23(24)16-28/h17-24,28-30H,6-16H2,1-5H3/t18-,19+,20-,21+,22+,23-,24+,25-,26-,27-/m1/s1. The molecule has 0 saturated heterocycles. The SMILES string of the molecule is CC(C)CCC[C@@H](C)[C@H]1CC[C@H]2[C@@H]3[C@@H](CO)[C@]4(O)C[C@@H](O)CC[C@]4(C)[C@H]3CC[C@]12C. The van der Waals surface area contributed by atoms with Crippen molar-refractivity contribution in [1.29, 1.82) is 0 Å². The second-order valence-electron chi connectivity index (χ2n) is 12.8. The Labute approximate surface area is 185 Å². The molecule has 0 unspecified atom stereocenters. The molecule has 4 rings (SSSR count). The zero-order valence-corrected chi connectivity index (χ0v) is 20.2. The molecule has 0 aliphatic heterocycles. The van der Waals surface area contributed by atoms with E-state index >= 15 is 0 Å². The van der Waals surface area contributed by atoms with E-state index in [-0.39, 0.29) is 17.9 Å². The Morgan fingerprint density at radius 1 is 0.933 bits per heavy atom. The Kier molecular flexibility index (Phi) is 6.17. The molecule has 0 aromatic carbocycles. The van der Waals surface area contributed by atoms with Crippen LogP contribution >= 0.6 is 0 Å². The van der Waals surface area contributed by atoms with Crippen LogP contribution in [0.15, 0.2) is 0 Å². The van der Waals surface area contributed by atoms with Gasteiger partial charge in [-0.05, 0) is 84.9 Å². The molecule has 4 aliphatic rings. The molecular formula is C27H48O3. The minimum atomic E-state index is -0.902. The molecule has 0 bridgehead atoms. The highest BCUT2D eigenvalue weighted by Crippen LogP contribution is 2.73. The summed E-state index contributed by atoms with van der Waals surface area (Å²) in [6.45, 7) is 12.1. The van der Waals surface area contributed by atoms with Crippen LogP contribution in [0.4, 0.5) is 0 Å². The van der Waals surface area contributed by atoms with Crippen LogP contribution in [0.2, 0.25) is 0 Å². The molecule has 3 nitrogen and oxygen atoms in total. The fraction of sp³-hybridized carbons (Fsp3) is 1.00. The minimum absolute atomic E-state index is 0.0675. The van der Waals surface area contributed by atoms with E-state index in [1.807, 2.05) is 0 Å². The topological polar surface area (TPSA) is 60.7 Å². The van der Waals surface area contributed by atoms with Gasteiger partial charge in [0.2, 0.25) is 0 Å². The maximum absolute atomic E-state index is 12.0. The van der Waals surface area contributed by atoms with Crippen molar-refractivity contribution in [2.24, 2.45) is 52.3 Å². The van der Waals surface area contributed by atoms with E-state index in [4.69, 9.17) is 0 Å². The van der Waals surface area contributed by atoms with Crippen LogP contribution in [0, 0.1) is 52.3 Å². The quantitative estimate of drug-likeness (QED) is 0.538. The summed E-state index contributed by atoms with van der Waals surface area (Å²) >= 11 is 0. The van der Waals surface area contributed by atoms with Crippen LogP contribution in [0.1, 0.15) is 98.8 Å². The summed E-state index contributed by atoms with van der Waals surface area (Å²) in [5, 5.41) is 32.9. The fourth-order valence-corrected chi connectivity index (χ4v) is 9.57. The first-order valence-corrected chi connectivity index (χ1v) is 13.1. The molecule has 3 heteroatoms. The summed E-state index contributed by atoms with van der Waals surface area (Å²) in [6, 6.07) is 0. The molecule has 10 atom stereocenters. The molecule has 0 aromatic rings. The summed E-state index contributed by atoms with van der Waals surface area (Å²) in [5.74, 6) is 3.82. The first kappa shape index (κ1) is 23.1. The lowest BCUT2D eigenvalue weighted by Crippen LogP contribution is -2.54. The number of aliphatic hydroxyl groups is 3. The maximum atomic E-state index is 12.0. The van der Waals surface area contributed by atoms with E-state index in [2.05, 4.69) is 34.6 Å². The highest BCUT2D eigenvalue weighted by molar-refractivity contribution is 5.20. The van der Waals surface area contributed by atoms with Gasteiger partial charge in [-0.1, -0.05) is 53.9 Å². The van der Waals surface area contributed by atoms with Gasteiger partial charge < -0.3 is 15.3 Å². The van der Waals surface area contributed by atoms with Crippen molar-refractivity contribution in [2.45, 2.75) is 111 Å². The number of rotatable bonds is 6. The van der Waals surface area contributed by atoms with E-state index in [0.717, 1.165) is 30.6 Å². The zero-order chi connectivity index (χ0) is 21.9. The molecule has 0 spiro atoms. The normalized spacial score (nSPS) is 51.5. The van der Waals surface area contributed by atoms with Crippen molar-refractivity contribution in [3.05, 3.63) is 0 Å². The Morgan fingerprint density at radius 2 is 1.67 bits per heavy atom. The van der Waals surface area contributed by atoms with Crippen LogP contribution in [0.5, 0.6) is 0 Å². The molecule has 0 radical (unpaired) electrons. The Morgan fingerprint density at radius 3 is 2.33 bits per heavy atom. The van der Waals surface area contributed by atoms with E-state index in [0.29, 0.717) is 29.6 Å². The molecule has 0 aromatic heterocycles. The van der Waals surface area contributed by atoms with Crippen LogP contribution in [0.3, 0.4) is 0 Å². The van der Waals surface area contributed by atoms with Crippen LogP contribution in [0.25, 0.3) is 0 Å². The van der Waals surface area contributed by atoms with Gasteiger partial charge in [-0.25, -0.2) is 0 Å². The lowest BCUT2D eigenvalue weighted by Gasteiger charge is -2.52. The molecule has 4 saturated carbocycles. The zero-order valence-electron chi connectivity index (χ0n) is 20.2. The molecule has 0 amide bonds. The first-order valence-electron chi connectivity index (χ1n) is 13.1. The number of hydrogen-bond donors (Lipinski definition) is 3. The first-order chi connectivity index (χ1) is 14.1. The maximum Gasteiger partial charge on any atom is 0.0781 e. The van der Waals surface area contributed by atoms with Crippen molar-refractivity contribution in [2.75, 3.05) is 6.61 Å². The van der Waals surface area contributed by atoms with Gasteiger partial charge in [0.05, 0.1) is 11.7 Å². The van der Waals surface area contributed by atoms with Crippen LogP contribution in [-0.2, 0) is 0 Å². The molecule has 4 aliphatic carbocycles. The average molecular weight is 421 g/mol. The van der Waals surface area contributed by atoms with E-state index in [1.54, 1.807) is 0 Å². The lowest BCUT2D eigenvalue weighted by atomic mass is 9.53. The summed E-state index contributed by atoms with van der Waals surface area (Å²) < 4.78 is 0. The van der Waals surface area contributed by atoms with Gasteiger partial charge in [0.25, 0.3) is 0 Å². The summed E-state index contributed by atoms with van der Waals surface area (Å²) in [7, 11) is 0. The third-order valence-electron chi connectivity index (χ3n) is 11.2. The van der Waals surface area contributed by atoms with Gasteiger partial charge in [-0.15, -0.1) is 0 Å². The van der Waals surface area contributed by atoms with Crippen molar-refractivity contribution in [3.8, 4) is 0 Å². The Hall–Kier alpha value is -0.120. The smallest absolute Gasteiger partial charge is 0.0781 e. The number of hydrogen-bond acceptors (Lipinski definition) is 3. The van der Waals surface area contributed by atoms with Crippen LogP contribution in [-0.4, -0.2) is 33.6 Å². The minimum Gasteiger partial charge on any atom is -0.396 e. The number of aliphatic hydroxyl groups excluding tert-OH is 2. The van der Waals surface area contributed by atoms with Gasteiger partial charge in [-0.2, -0.15) is 0 Å². The average Bonchev–Trinajstić information content (AvgIpc) is 3.11. The van der Waals surface area contributed by atoms with Crippen molar-refractivity contribution in [3.63, 3.8) is 0 Å². The molecule has 3 N–H and O–H groups in total. The second-order valence-corrected chi connectivity index (χ2v) is 12.8. The summed E-state index contributed by atoms with van der Waals surface area (Å²) in [5.41, 5.74) is -0.696. The van der Waals surface area contributed by atoms with Gasteiger partial charge in [0.1, 0.15) is 0 Å². The van der Waals surface area contributed by atoms with E-state index in [9.17, 15) is 15.3 Å². The molecule has 174 valence electrons. The fourth-order valence-electron chi connectivity index (χ4n) is 9.57. The Bertz CT molecular complexity index is 619. The van der Waals surface area contributed by atoms with Crippen molar-refractivity contribution < 1.29 is 15.3 Å². The number of fused-ring (bicyclic) bond motifs is 5. The highest BCUT2D eigenvalue weighted by Gasteiger charge is 2.71. The third kappa shape index (κ3) is 3.24. The van der Waals surface area contributed by atoms with Gasteiger partial charge in [0.15, 0.2) is 0 Å². The monoisotopic (exact) mass is 420 g/mol. The third-order valence-corrected chi connectivity index (χ3v) is 11.2. The highest BCUT2D eigenvalue weighted by atomic mass is 16.3. The van der Waals surface area contributed by atoms with E-state index < -0.39 is 11.7 Å². The van der Waals surface area contributed by atoms with E-state index in [1.165, 1.54) is 44.9 Å². The Balaban J connectivity index is 1.58. The molecular weight excluding hydrogens is 372 g/mol.